The van der Waals surface area contributed by atoms with Crippen molar-refractivity contribution in [2.75, 3.05) is 13.2 Å². The minimum atomic E-state index is -1.37. The van der Waals surface area contributed by atoms with Crippen LogP contribution in [0, 0.1) is 13.8 Å². The van der Waals surface area contributed by atoms with Gasteiger partial charge in [-0.15, -0.1) is 0 Å². The van der Waals surface area contributed by atoms with Crippen molar-refractivity contribution in [2.45, 2.75) is 259 Å². The summed E-state index contributed by atoms with van der Waals surface area (Å²) in [6, 6.07) is 11.9. The van der Waals surface area contributed by atoms with Crippen molar-refractivity contribution in [2.24, 2.45) is 0 Å². The van der Waals surface area contributed by atoms with Crippen LogP contribution in [0.4, 0.5) is 0 Å². The quantitative estimate of drug-likeness (QED) is 0.0278. The Morgan fingerprint density at radius 3 is 0.863 bits per heavy atom. The Balaban J connectivity index is -0.00000102. The molecule has 0 atom stereocenters. The summed E-state index contributed by atoms with van der Waals surface area (Å²) in [6.45, 7) is 17.1. The number of aromatic carboxylic acids is 2. The van der Waals surface area contributed by atoms with E-state index in [9.17, 15) is 29.4 Å². The molecule has 0 N–H and O–H groups in total. The summed E-state index contributed by atoms with van der Waals surface area (Å²) in [4.78, 5) is 46.0. The number of carboxylic acids is 2. The molecule has 8 nitrogen and oxygen atoms in total. The van der Waals surface area contributed by atoms with E-state index in [1.54, 1.807) is 24.3 Å². The first-order chi connectivity index (χ1) is 35.2. The second-order valence-electron chi connectivity index (χ2n) is 18.9. The molecule has 0 aromatic heterocycles. The predicted octanol–water partition coefficient (Wildman–Crippen LogP) is 16.9. The first-order valence-corrected chi connectivity index (χ1v) is 29.0. The molecule has 412 valence electrons. The molecule has 0 aliphatic rings. The largest absolute Gasteiger partial charge is 2.00 e. The second kappa shape index (κ2) is 59.5. The van der Waals surface area contributed by atoms with E-state index in [-0.39, 0.29) is 59.4 Å². The summed E-state index contributed by atoms with van der Waals surface area (Å²) in [5.41, 5.74) is -0.173. The molecule has 0 saturated heterocycles. The van der Waals surface area contributed by atoms with Crippen LogP contribution in [-0.2, 0) is 9.47 Å². The number of benzene rings is 2. The van der Waals surface area contributed by atoms with Crippen LogP contribution in [0.15, 0.2) is 72.8 Å². The van der Waals surface area contributed by atoms with E-state index in [2.05, 4.69) is 65.8 Å². The van der Waals surface area contributed by atoms with E-state index in [0.717, 1.165) is 51.4 Å². The number of carbonyl (C=O) groups is 4. The van der Waals surface area contributed by atoms with E-state index in [1.165, 1.54) is 204 Å². The van der Waals surface area contributed by atoms with Crippen molar-refractivity contribution in [3.63, 3.8) is 0 Å². The molecule has 73 heavy (non-hydrogen) atoms. The number of esters is 2. The minimum absolute atomic E-state index is 0. The average Bonchev–Trinajstić information content (AvgIpc) is 3.39. The van der Waals surface area contributed by atoms with Crippen LogP contribution in [-0.4, -0.2) is 61.0 Å². The molecule has 0 fully saturated rings. The number of carboxylic acid groups (broad SMARTS) is 2. The van der Waals surface area contributed by atoms with Gasteiger partial charge in [0.1, 0.15) is 0 Å². The molecule has 9 heteroatoms. The van der Waals surface area contributed by atoms with Crippen molar-refractivity contribution in [1.29, 1.82) is 0 Å². The smallest absolute Gasteiger partial charge is 0.545 e. The normalized spacial score (nSPS) is 10.6. The number of carbonyl (C=O) groups excluding carboxylic acids is 4. The van der Waals surface area contributed by atoms with Gasteiger partial charge in [-0.05, 0) is 63.5 Å². The fourth-order valence-electron chi connectivity index (χ4n) is 7.74. The molecule has 0 bridgehead atoms. The molecule has 0 saturated carbocycles. The van der Waals surface area contributed by atoms with Gasteiger partial charge in [-0.3, -0.25) is 0 Å². The fourth-order valence-corrected chi connectivity index (χ4v) is 7.74. The Kier molecular flexibility index (Phi) is 60.2. The van der Waals surface area contributed by atoms with Crippen LogP contribution in [0.1, 0.15) is 300 Å². The molecule has 0 amide bonds. The van der Waals surface area contributed by atoms with Crippen LogP contribution in [0.5, 0.6) is 0 Å². The van der Waals surface area contributed by atoms with Crippen LogP contribution < -0.4 is 10.2 Å². The van der Waals surface area contributed by atoms with E-state index in [1.807, 2.05) is 0 Å². The van der Waals surface area contributed by atoms with E-state index in [4.69, 9.17) is 9.47 Å². The fraction of sp³-hybridized carbons (Fsp3) is 0.656. The van der Waals surface area contributed by atoms with Gasteiger partial charge in [0.05, 0.1) is 36.3 Å². The van der Waals surface area contributed by atoms with Crippen LogP contribution in [0.25, 0.3) is 0 Å². The van der Waals surface area contributed by atoms with Crippen LogP contribution in [0.2, 0.25) is 0 Å². The molecule has 0 spiro atoms. The van der Waals surface area contributed by atoms with E-state index in [0.29, 0.717) is 0 Å². The number of allylic oxidation sites excluding steroid dienone is 4. The van der Waals surface area contributed by atoms with E-state index >= 15 is 0 Å². The summed E-state index contributed by atoms with van der Waals surface area (Å²) in [5, 5.41) is 22.0. The summed E-state index contributed by atoms with van der Waals surface area (Å²) >= 11 is 0. The standard InChI is InChI=1S/2C24H36O4.2C8H17.Sn/c2*1-2-3-4-5-6-7-8-9-10-11-12-13-14-17-20-28-24(27)22-19-16-15-18-21(22)23(25)26;2*1-3-5-7-8-6-4-2;/h2*12-13,15-16,18-19H,2-11,14,17,20H2,1H3,(H,25,26);2*1,3-8H2,2H3;/q;;;;+2/p-2/b2*13-12+;;;. The molecular weight excluding hydrogens is 1020 g/mol. The first kappa shape index (κ1) is 73.8. The first-order valence-electron chi connectivity index (χ1n) is 29.0. The molecule has 0 unspecified atom stereocenters. The van der Waals surface area contributed by atoms with Crippen LogP contribution in [0.3, 0.4) is 0 Å². The van der Waals surface area contributed by atoms with Gasteiger partial charge in [0, 0.05) is 11.1 Å². The zero-order valence-electron chi connectivity index (χ0n) is 47.0. The summed E-state index contributed by atoms with van der Waals surface area (Å²) in [6.07, 6.45) is 54.1. The molecule has 0 heterocycles. The minimum Gasteiger partial charge on any atom is -0.545 e. The maximum Gasteiger partial charge on any atom is 2.00 e. The number of ether oxygens (including phenoxy) is 2. The maximum absolute atomic E-state index is 12.0. The Morgan fingerprint density at radius 2 is 0.603 bits per heavy atom. The van der Waals surface area contributed by atoms with Gasteiger partial charge < -0.3 is 29.3 Å². The zero-order valence-corrected chi connectivity index (χ0v) is 49.8. The van der Waals surface area contributed by atoms with Crippen molar-refractivity contribution < 1.29 is 38.9 Å². The Morgan fingerprint density at radius 1 is 0.370 bits per heavy atom. The SMILES string of the molecule is CCCCCCCCCCC/C=C/CCCOC(=O)c1ccccc1C(=O)[O-].CCCCCCCCCCC/C=C/CCCOC(=O)c1ccccc1C(=O)[O-].[CH2]CCCCCCC.[CH2]CCCCCCC.[Sn+2]. The molecular formula is C64H104O8Sn. The molecule has 2 aromatic rings. The second-order valence-corrected chi connectivity index (χ2v) is 18.9. The third-order valence-corrected chi connectivity index (χ3v) is 12.2. The van der Waals surface area contributed by atoms with Gasteiger partial charge in [0.25, 0.3) is 0 Å². The molecule has 4 radical (unpaired) electrons. The number of hydrogen-bond donors (Lipinski definition) is 0. The maximum atomic E-state index is 12.0. The van der Waals surface area contributed by atoms with E-state index < -0.39 is 23.9 Å². The Bertz CT molecular complexity index is 1470. The van der Waals surface area contributed by atoms with Gasteiger partial charge in [0.2, 0.25) is 0 Å². The van der Waals surface area contributed by atoms with Crippen LogP contribution >= 0.6 is 0 Å². The molecule has 2 rings (SSSR count). The van der Waals surface area contributed by atoms with Gasteiger partial charge in [-0.25, -0.2) is 9.59 Å². The van der Waals surface area contributed by atoms with Gasteiger partial charge in [-0.1, -0.05) is 282 Å². The molecule has 0 aliphatic carbocycles. The summed E-state index contributed by atoms with van der Waals surface area (Å²) in [7, 11) is 0. The average molecular weight is 1120 g/mol. The third-order valence-electron chi connectivity index (χ3n) is 12.2. The van der Waals surface area contributed by atoms with Crippen molar-refractivity contribution >= 4 is 47.8 Å². The third kappa shape index (κ3) is 49.3. The molecule has 0 aliphatic heterocycles. The number of rotatable bonds is 42. The Hall–Kier alpha value is -3.40. The molecule has 2 aromatic carbocycles. The van der Waals surface area contributed by atoms with Gasteiger partial charge in [0.15, 0.2) is 0 Å². The number of hydrogen-bond acceptors (Lipinski definition) is 8. The summed E-state index contributed by atoms with van der Waals surface area (Å²) < 4.78 is 10.3. The monoisotopic (exact) mass is 1120 g/mol. The van der Waals surface area contributed by atoms with Crippen molar-refractivity contribution in [3.05, 3.63) is 109 Å². The summed E-state index contributed by atoms with van der Waals surface area (Å²) in [5.74, 6) is -3.96. The zero-order chi connectivity index (χ0) is 53.4. The topological polar surface area (TPSA) is 133 Å². The van der Waals surface area contributed by atoms with Gasteiger partial charge >= 0.3 is 35.8 Å². The van der Waals surface area contributed by atoms with Gasteiger partial charge in [-0.2, -0.15) is 0 Å². The Labute approximate surface area is 465 Å². The predicted molar refractivity (Wildman–Crippen MR) is 306 cm³/mol. The number of unbranched alkanes of at least 4 members (excludes halogenated alkanes) is 30. The van der Waals surface area contributed by atoms with Crippen molar-refractivity contribution in [3.8, 4) is 0 Å². The van der Waals surface area contributed by atoms with Crippen molar-refractivity contribution in [1.82, 2.24) is 0 Å².